The minimum Gasteiger partial charge on any atom is -0.357 e. The van der Waals surface area contributed by atoms with Crippen LogP contribution in [-0.4, -0.2) is 41.5 Å². The van der Waals surface area contributed by atoms with Crippen LogP contribution in [0, 0.1) is 6.92 Å². The van der Waals surface area contributed by atoms with Crippen molar-refractivity contribution < 1.29 is 0 Å². The van der Waals surface area contributed by atoms with Gasteiger partial charge in [0, 0.05) is 43.3 Å². The van der Waals surface area contributed by atoms with Crippen molar-refractivity contribution in [2.45, 2.75) is 45.8 Å². The fourth-order valence-electron chi connectivity index (χ4n) is 3.27. The summed E-state index contributed by atoms with van der Waals surface area (Å²) in [7, 11) is 0. The maximum Gasteiger partial charge on any atom is 0.191 e. The van der Waals surface area contributed by atoms with Gasteiger partial charge < -0.3 is 10.6 Å². The Morgan fingerprint density at radius 3 is 2.71 bits per heavy atom. The van der Waals surface area contributed by atoms with E-state index in [1.54, 1.807) is 11.3 Å². The second kappa shape index (κ2) is 10.4. The summed E-state index contributed by atoms with van der Waals surface area (Å²) in [6.45, 7) is 8.61. The topological polar surface area (TPSA) is 52.6 Å². The largest absolute Gasteiger partial charge is 0.357 e. The van der Waals surface area contributed by atoms with Crippen molar-refractivity contribution in [2.24, 2.45) is 4.99 Å². The number of aromatic nitrogens is 1. The molecular weight excluding hydrogens is 413 g/mol. The Labute approximate surface area is 181 Å². The first kappa shape index (κ1) is 21.4. The van der Waals surface area contributed by atoms with Crippen molar-refractivity contribution in [1.29, 1.82) is 0 Å². The van der Waals surface area contributed by atoms with E-state index in [9.17, 15) is 0 Å². The fourth-order valence-corrected chi connectivity index (χ4v) is 4.30. The molecule has 8 heteroatoms. The van der Waals surface area contributed by atoms with E-state index in [2.05, 4.69) is 40.4 Å². The number of thiazole rings is 1. The Morgan fingerprint density at radius 2 is 2.07 bits per heavy atom. The zero-order valence-corrected chi connectivity index (χ0v) is 18.7. The number of halogens is 2. The van der Waals surface area contributed by atoms with Gasteiger partial charge in [-0.25, -0.2) is 9.98 Å². The minimum atomic E-state index is 0.431. The van der Waals surface area contributed by atoms with Gasteiger partial charge in [0.05, 0.1) is 16.6 Å². The molecule has 1 saturated heterocycles. The quantitative estimate of drug-likeness (QED) is 0.514. The smallest absolute Gasteiger partial charge is 0.191 e. The lowest BCUT2D eigenvalue weighted by Gasteiger charge is -2.33. The molecule has 2 N–H and O–H groups in total. The van der Waals surface area contributed by atoms with Crippen LogP contribution in [0.4, 0.5) is 0 Å². The Morgan fingerprint density at radius 1 is 1.29 bits per heavy atom. The third-order valence-corrected chi connectivity index (χ3v) is 6.34. The number of nitrogens with zero attached hydrogens (tertiary/aromatic N) is 3. The molecule has 0 unspecified atom stereocenters. The number of nitrogens with one attached hydrogen (secondary N) is 2. The van der Waals surface area contributed by atoms with Crippen LogP contribution in [-0.2, 0) is 13.1 Å². The molecule has 2 aromatic rings. The van der Waals surface area contributed by atoms with E-state index in [1.807, 2.05) is 18.3 Å². The Balaban J connectivity index is 1.49. The molecule has 0 atom stereocenters. The van der Waals surface area contributed by atoms with Crippen LogP contribution in [0.2, 0.25) is 10.0 Å². The Hall–Kier alpha value is -1.34. The summed E-state index contributed by atoms with van der Waals surface area (Å²) in [6, 6.07) is 6.32. The maximum absolute atomic E-state index is 6.13. The number of piperidine rings is 1. The standard InChI is InChI=1S/C20H27Cl2N5S/c1-3-23-20(25-12-19-24-11-14(2)28-19)26-16-6-8-27(9-7-16)13-15-4-5-17(21)18(22)10-15/h4-5,10-11,16H,3,6-9,12-13H2,1-2H3,(H2,23,25,26). The molecule has 1 aliphatic heterocycles. The SMILES string of the molecule is CCNC(=NCc1ncc(C)s1)NC1CCN(Cc2ccc(Cl)c(Cl)c2)CC1. The molecule has 1 aromatic heterocycles. The van der Waals surface area contributed by atoms with Gasteiger partial charge in [-0.1, -0.05) is 29.3 Å². The number of guanidine groups is 1. The molecule has 0 saturated carbocycles. The first-order valence-corrected chi connectivity index (χ1v) is 11.2. The van der Waals surface area contributed by atoms with Crippen molar-refractivity contribution in [3.8, 4) is 0 Å². The normalized spacial score (nSPS) is 16.4. The van der Waals surface area contributed by atoms with Crippen LogP contribution >= 0.6 is 34.5 Å². The van der Waals surface area contributed by atoms with Gasteiger partial charge in [-0.2, -0.15) is 0 Å². The van der Waals surface area contributed by atoms with Crippen LogP contribution in [0.5, 0.6) is 0 Å². The molecule has 28 heavy (non-hydrogen) atoms. The zero-order chi connectivity index (χ0) is 19.9. The second-order valence-corrected chi connectivity index (χ2v) is 9.14. The van der Waals surface area contributed by atoms with Gasteiger partial charge >= 0.3 is 0 Å². The van der Waals surface area contributed by atoms with Crippen LogP contribution in [0.15, 0.2) is 29.4 Å². The molecule has 0 amide bonds. The molecule has 0 aliphatic carbocycles. The molecule has 1 aromatic carbocycles. The predicted molar refractivity (Wildman–Crippen MR) is 120 cm³/mol. The molecule has 0 radical (unpaired) electrons. The first-order chi connectivity index (χ1) is 13.5. The summed E-state index contributed by atoms with van der Waals surface area (Å²) in [6.07, 6.45) is 4.07. The molecular formula is C20H27Cl2N5S. The van der Waals surface area contributed by atoms with Gasteiger partial charge in [0.1, 0.15) is 5.01 Å². The molecule has 3 rings (SSSR count). The van der Waals surface area contributed by atoms with Crippen LogP contribution in [0.25, 0.3) is 0 Å². The summed E-state index contributed by atoms with van der Waals surface area (Å²) in [5, 5.41) is 9.21. The van der Waals surface area contributed by atoms with E-state index in [1.165, 1.54) is 10.4 Å². The lowest BCUT2D eigenvalue weighted by atomic mass is 10.0. The third kappa shape index (κ3) is 6.34. The van der Waals surface area contributed by atoms with Gasteiger partial charge in [0.15, 0.2) is 5.96 Å². The highest BCUT2D eigenvalue weighted by atomic mass is 35.5. The van der Waals surface area contributed by atoms with Crippen molar-refractivity contribution in [3.63, 3.8) is 0 Å². The average molecular weight is 440 g/mol. The lowest BCUT2D eigenvalue weighted by Crippen LogP contribution is -2.48. The first-order valence-electron chi connectivity index (χ1n) is 9.66. The van der Waals surface area contributed by atoms with Crippen LogP contribution in [0.3, 0.4) is 0 Å². The number of benzene rings is 1. The number of hydrogen-bond donors (Lipinski definition) is 2. The highest BCUT2D eigenvalue weighted by molar-refractivity contribution is 7.11. The van der Waals surface area contributed by atoms with Gasteiger partial charge in [0.25, 0.3) is 0 Å². The summed E-state index contributed by atoms with van der Waals surface area (Å²) in [4.78, 5) is 12.8. The number of rotatable bonds is 6. The van der Waals surface area contributed by atoms with Crippen LogP contribution in [0.1, 0.15) is 35.2 Å². The van der Waals surface area contributed by atoms with Gasteiger partial charge in [-0.15, -0.1) is 11.3 Å². The summed E-state index contributed by atoms with van der Waals surface area (Å²) in [5.41, 5.74) is 1.20. The number of hydrogen-bond acceptors (Lipinski definition) is 4. The highest BCUT2D eigenvalue weighted by Crippen LogP contribution is 2.24. The average Bonchev–Trinajstić information content (AvgIpc) is 3.10. The van der Waals surface area contributed by atoms with Gasteiger partial charge in [0.2, 0.25) is 0 Å². The molecule has 5 nitrogen and oxygen atoms in total. The highest BCUT2D eigenvalue weighted by Gasteiger charge is 2.20. The molecule has 152 valence electrons. The monoisotopic (exact) mass is 439 g/mol. The van der Waals surface area contributed by atoms with Gasteiger partial charge in [-0.05, 0) is 44.4 Å². The van der Waals surface area contributed by atoms with Crippen molar-refractivity contribution >= 4 is 40.5 Å². The summed E-state index contributed by atoms with van der Waals surface area (Å²) < 4.78 is 0. The second-order valence-electron chi connectivity index (χ2n) is 7.00. The van der Waals surface area contributed by atoms with Crippen molar-refractivity contribution in [1.82, 2.24) is 20.5 Å². The molecule has 0 bridgehead atoms. The van der Waals surface area contributed by atoms with E-state index in [-0.39, 0.29) is 0 Å². The Bertz CT molecular complexity index is 800. The fraction of sp³-hybridized carbons (Fsp3) is 0.500. The molecule has 1 fully saturated rings. The van der Waals surface area contributed by atoms with E-state index >= 15 is 0 Å². The lowest BCUT2D eigenvalue weighted by molar-refractivity contribution is 0.198. The van der Waals surface area contributed by atoms with Gasteiger partial charge in [-0.3, -0.25) is 4.90 Å². The summed E-state index contributed by atoms with van der Waals surface area (Å²) >= 11 is 13.8. The van der Waals surface area contributed by atoms with E-state index in [0.717, 1.165) is 50.0 Å². The van der Waals surface area contributed by atoms with E-state index in [0.29, 0.717) is 22.6 Å². The maximum atomic E-state index is 6.13. The number of aliphatic imine (C=N–C) groups is 1. The molecule has 1 aliphatic rings. The number of aryl methyl sites for hydroxylation is 1. The van der Waals surface area contributed by atoms with E-state index < -0.39 is 0 Å². The van der Waals surface area contributed by atoms with Crippen molar-refractivity contribution in [2.75, 3.05) is 19.6 Å². The van der Waals surface area contributed by atoms with E-state index in [4.69, 9.17) is 28.2 Å². The Kier molecular flexibility index (Phi) is 7.97. The van der Waals surface area contributed by atoms with Crippen LogP contribution < -0.4 is 10.6 Å². The summed E-state index contributed by atoms with van der Waals surface area (Å²) in [5.74, 6) is 0.873. The molecule has 0 spiro atoms. The molecule has 2 heterocycles. The minimum absolute atomic E-state index is 0.431. The predicted octanol–water partition coefficient (Wildman–Crippen LogP) is 4.48. The number of likely N-dealkylation sites (tertiary alicyclic amines) is 1. The third-order valence-electron chi connectivity index (χ3n) is 4.70. The zero-order valence-electron chi connectivity index (χ0n) is 16.3. The van der Waals surface area contributed by atoms with Crippen molar-refractivity contribution in [3.05, 3.63) is 49.9 Å².